The first kappa shape index (κ1) is 15.5. The first-order valence-electron chi connectivity index (χ1n) is 7.79. The highest BCUT2D eigenvalue weighted by atomic mass is 16.5. The van der Waals surface area contributed by atoms with Gasteiger partial charge in [-0.05, 0) is 36.2 Å². The van der Waals surface area contributed by atoms with Gasteiger partial charge in [-0.1, -0.05) is 30.3 Å². The van der Waals surface area contributed by atoms with Crippen molar-refractivity contribution >= 4 is 5.91 Å². The average molecular weight is 311 g/mol. The number of ether oxygens (including phenoxy) is 1. The first-order chi connectivity index (χ1) is 11.2. The van der Waals surface area contributed by atoms with Crippen molar-refractivity contribution in [3.63, 3.8) is 0 Å². The molecule has 1 amide bonds. The van der Waals surface area contributed by atoms with Gasteiger partial charge in [0, 0.05) is 19.1 Å². The minimum Gasteiger partial charge on any atom is -0.457 e. The molecular formula is C18H21N3O2. The van der Waals surface area contributed by atoms with E-state index in [0.717, 1.165) is 17.1 Å². The summed E-state index contributed by atoms with van der Waals surface area (Å²) in [5.74, 6) is 1.54. The second-order valence-electron chi connectivity index (χ2n) is 5.74. The Bertz CT molecular complexity index is 660. The van der Waals surface area contributed by atoms with E-state index >= 15 is 0 Å². The normalized spacial score (nSPS) is 20.2. The van der Waals surface area contributed by atoms with Crippen LogP contribution in [-0.2, 0) is 11.3 Å². The van der Waals surface area contributed by atoms with Gasteiger partial charge in [0.05, 0.1) is 6.04 Å². The molecule has 0 bridgehead atoms. The zero-order chi connectivity index (χ0) is 16.1. The molecule has 1 saturated heterocycles. The van der Waals surface area contributed by atoms with Crippen LogP contribution < -0.4 is 21.1 Å². The molecule has 1 aliphatic rings. The molecule has 0 aromatic heterocycles. The highest BCUT2D eigenvalue weighted by Gasteiger charge is 2.26. The lowest BCUT2D eigenvalue weighted by Crippen LogP contribution is -2.40. The van der Waals surface area contributed by atoms with Crippen LogP contribution in [0.1, 0.15) is 12.0 Å². The van der Waals surface area contributed by atoms with Crippen molar-refractivity contribution in [3.05, 3.63) is 60.2 Å². The third-order valence-electron chi connectivity index (χ3n) is 3.83. The number of carbonyl (C=O) groups excluding carboxylic acids is 1. The minimum atomic E-state index is -0.186. The maximum Gasteiger partial charge on any atom is 0.237 e. The van der Waals surface area contributed by atoms with Gasteiger partial charge in [0.1, 0.15) is 11.5 Å². The second-order valence-corrected chi connectivity index (χ2v) is 5.74. The van der Waals surface area contributed by atoms with E-state index in [9.17, 15) is 4.79 Å². The van der Waals surface area contributed by atoms with Crippen LogP contribution in [0.3, 0.4) is 0 Å². The number of benzene rings is 2. The molecule has 2 aromatic rings. The number of rotatable bonds is 5. The summed E-state index contributed by atoms with van der Waals surface area (Å²) in [6, 6.07) is 17.2. The monoisotopic (exact) mass is 311 g/mol. The Morgan fingerprint density at radius 2 is 1.96 bits per heavy atom. The molecule has 1 fully saturated rings. The van der Waals surface area contributed by atoms with Gasteiger partial charge < -0.3 is 21.1 Å². The Morgan fingerprint density at radius 3 is 2.70 bits per heavy atom. The van der Waals surface area contributed by atoms with Gasteiger partial charge in [0.2, 0.25) is 5.91 Å². The fourth-order valence-electron chi connectivity index (χ4n) is 2.62. The Kier molecular flexibility index (Phi) is 4.90. The number of nitrogens with two attached hydrogens (primary N) is 1. The molecule has 4 N–H and O–H groups in total. The topological polar surface area (TPSA) is 76.4 Å². The minimum absolute atomic E-state index is 0.00710. The van der Waals surface area contributed by atoms with Crippen molar-refractivity contribution in [3.8, 4) is 11.5 Å². The lowest BCUT2D eigenvalue weighted by molar-refractivity contribution is -0.122. The third-order valence-corrected chi connectivity index (χ3v) is 3.83. The fourth-order valence-corrected chi connectivity index (χ4v) is 2.62. The van der Waals surface area contributed by atoms with E-state index in [1.54, 1.807) is 0 Å². The molecule has 2 atom stereocenters. The summed E-state index contributed by atoms with van der Waals surface area (Å²) in [7, 11) is 0. The molecule has 2 aromatic carbocycles. The van der Waals surface area contributed by atoms with Crippen LogP contribution in [0.25, 0.3) is 0 Å². The van der Waals surface area contributed by atoms with E-state index < -0.39 is 0 Å². The summed E-state index contributed by atoms with van der Waals surface area (Å²) in [5.41, 5.74) is 6.80. The molecule has 0 radical (unpaired) electrons. The van der Waals surface area contributed by atoms with E-state index in [1.165, 1.54) is 0 Å². The predicted molar refractivity (Wildman–Crippen MR) is 89.2 cm³/mol. The molecule has 3 rings (SSSR count). The van der Waals surface area contributed by atoms with Crippen molar-refractivity contribution < 1.29 is 9.53 Å². The molecular weight excluding hydrogens is 290 g/mol. The van der Waals surface area contributed by atoms with Crippen LogP contribution in [0.2, 0.25) is 0 Å². The highest BCUT2D eigenvalue weighted by molar-refractivity contribution is 5.82. The van der Waals surface area contributed by atoms with Gasteiger partial charge >= 0.3 is 0 Å². The number of para-hydroxylation sites is 1. The van der Waals surface area contributed by atoms with Crippen LogP contribution in [0.4, 0.5) is 0 Å². The summed E-state index contributed by atoms with van der Waals surface area (Å²) >= 11 is 0. The zero-order valence-electron chi connectivity index (χ0n) is 12.9. The molecule has 5 nitrogen and oxygen atoms in total. The van der Waals surface area contributed by atoms with E-state index in [-0.39, 0.29) is 18.0 Å². The number of hydrogen-bond donors (Lipinski definition) is 3. The van der Waals surface area contributed by atoms with Crippen LogP contribution in [0.15, 0.2) is 54.6 Å². The summed E-state index contributed by atoms with van der Waals surface area (Å²) in [6.45, 7) is 1.16. The predicted octanol–water partition coefficient (Wildman–Crippen LogP) is 1.78. The lowest BCUT2D eigenvalue weighted by atomic mass is 10.1. The van der Waals surface area contributed by atoms with Gasteiger partial charge in [0.15, 0.2) is 0 Å². The van der Waals surface area contributed by atoms with Crippen LogP contribution in [0.5, 0.6) is 11.5 Å². The van der Waals surface area contributed by atoms with Crippen LogP contribution in [0, 0.1) is 0 Å². The van der Waals surface area contributed by atoms with E-state index in [2.05, 4.69) is 10.6 Å². The highest BCUT2D eigenvalue weighted by Crippen LogP contribution is 2.21. The summed E-state index contributed by atoms with van der Waals surface area (Å²) in [4.78, 5) is 12.1. The van der Waals surface area contributed by atoms with Crippen molar-refractivity contribution in [2.75, 3.05) is 6.54 Å². The fraction of sp³-hybridized carbons (Fsp3) is 0.278. The molecule has 23 heavy (non-hydrogen) atoms. The van der Waals surface area contributed by atoms with E-state index in [1.807, 2.05) is 54.6 Å². The number of amides is 1. The zero-order valence-corrected chi connectivity index (χ0v) is 12.9. The number of nitrogens with one attached hydrogen (secondary N) is 2. The molecule has 120 valence electrons. The average Bonchev–Trinajstić information content (AvgIpc) is 3.01. The first-order valence-corrected chi connectivity index (χ1v) is 7.79. The molecule has 0 saturated carbocycles. The SMILES string of the molecule is N[C@H]1CN[C@H](C(=O)NCc2cccc(Oc3ccccc3)c2)C1. The van der Waals surface area contributed by atoms with Crippen molar-refractivity contribution in [1.82, 2.24) is 10.6 Å². The van der Waals surface area contributed by atoms with Gasteiger partial charge in [-0.2, -0.15) is 0 Å². The standard InChI is InChI=1S/C18H21N3O2/c19-14-10-17(20-12-14)18(22)21-11-13-5-4-8-16(9-13)23-15-6-2-1-3-7-15/h1-9,14,17,20H,10-12,19H2,(H,21,22)/t14-,17+/m1/s1. The Balaban J connectivity index is 1.56. The van der Waals surface area contributed by atoms with Crippen molar-refractivity contribution in [2.24, 2.45) is 5.73 Å². The molecule has 1 aliphatic heterocycles. The largest absolute Gasteiger partial charge is 0.457 e. The van der Waals surface area contributed by atoms with Crippen molar-refractivity contribution in [2.45, 2.75) is 25.0 Å². The lowest BCUT2D eigenvalue weighted by Gasteiger charge is -2.12. The van der Waals surface area contributed by atoms with E-state index in [4.69, 9.17) is 10.5 Å². The summed E-state index contributed by atoms with van der Waals surface area (Å²) < 4.78 is 5.80. The number of hydrogen-bond acceptors (Lipinski definition) is 4. The molecule has 0 unspecified atom stereocenters. The van der Waals surface area contributed by atoms with Gasteiger partial charge in [-0.25, -0.2) is 0 Å². The molecule has 0 spiro atoms. The maximum absolute atomic E-state index is 12.1. The summed E-state index contributed by atoms with van der Waals surface area (Å²) in [5, 5.41) is 6.06. The van der Waals surface area contributed by atoms with Gasteiger partial charge in [-0.3, -0.25) is 4.79 Å². The van der Waals surface area contributed by atoms with Crippen molar-refractivity contribution in [1.29, 1.82) is 0 Å². The molecule has 1 heterocycles. The van der Waals surface area contributed by atoms with Gasteiger partial charge in [-0.15, -0.1) is 0 Å². The summed E-state index contributed by atoms with van der Waals surface area (Å²) in [6.07, 6.45) is 0.684. The quantitative estimate of drug-likeness (QED) is 0.787. The molecule has 0 aliphatic carbocycles. The van der Waals surface area contributed by atoms with Crippen LogP contribution in [-0.4, -0.2) is 24.5 Å². The molecule has 5 heteroatoms. The smallest absolute Gasteiger partial charge is 0.237 e. The Labute approximate surface area is 135 Å². The number of carbonyl (C=O) groups is 1. The van der Waals surface area contributed by atoms with Crippen LogP contribution >= 0.6 is 0 Å². The van der Waals surface area contributed by atoms with E-state index in [0.29, 0.717) is 19.5 Å². The maximum atomic E-state index is 12.1. The third kappa shape index (κ3) is 4.31. The second kappa shape index (κ2) is 7.26. The Morgan fingerprint density at radius 1 is 1.17 bits per heavy atom. The Hall–Kier alpha value is -2.37. The van der Waals surface area contributed by atoms with Gasteiger partial charge in [0.25, 0.3) is 0 Å².